The fourth-order valence-corrected chi connectivity index (χ4v) is 1.08. The molecule has 0 saturated carbocycles. The number of carboxylic acids is 1. The van der Waals surface area contributed by atoms with Gasteiger partial charge < -0.3 is 25.1 Å². The molecule has 6 heteroatoms. The highest BCUT2D eigenvalue weighted by Crippen LogP contribution is 1.97. The van der Waals surface area contributed by atoms with Crippen molar-refractivity contribution in [1.82, 2.24) is 5.32 Å². The van der Waals surface area contributed by atoms with E-state index < -0.39 is 18.3 Å². The fourth-order valence-electron chi connectivity index (χ4n) is 1.08. The van der Waals surface area contributed by atoms with E-state index in [-0.39, 0.29) is 19.4 Å². The van der Waals surface area contributed by atoms with Crippen molar-refractivity contribution >= 4 is 12.3 Å². The number of carbonyl (C=O) groups excluding carboxylic acids is 1. The molecule has 0 spiro atoms. The van der Waals surface area contributed by atoms with Crippen molar-refractivity contribution in [3.8, 4) is 0 Å². The van der Waals surface area contributed by atoms with Crippen molar-refractivity contribution in [2.45, 2.75) is 32.1 Å². The zero-order chi connectivity index (χ0) is 11.7. The van der Waals surface area contributed by atoms with Gasteiger partial charge in [-0.25, -0.2) is 0 Å². The maximum absolute atomic E-state index is 10.4. The van der Waals surface area contributed by atoms with Crippen LogP contribution in [0.15, 0.2) is 0 Å². The molecular weight excluding hydrogens is 202 g/mol. The molecule has 0 aromatic rings. The van der Waals surface area contributed by atoms with Crippen LogP contribution in [0.5, 0.6) is 0 Å². The number of nitrogens with one attached hydrogen (secondary N) is 1. The summed E-state index contributed by atoms with van der Waals surface area (Å²) >= 11 is 0. The Kier molecular flexibility index (Phi) is 7.79. The van der Waals surface area contributed by atoms with Crippen molar-refractivity contribution in [3.05, 3.63) is 0 Å². The number of hydrogen-bond donors (Lipinski definition) is 3. The topological polar surface area (TPSA) is 95.9 Å². The second kappa shape index (κ2) is 8.34. The van der Waals surface area contributed by atoms with Crippen LogP contribution in [0.4, 0.5) is 0 Å². The Morgan fingerprint density at radius 3 is 2.73 bits per heavy atom. The van der Waals surface area contributed by atoms with Crippen LogP contribution in [0.1, 0.15) is 19.8 Å². The summed E-state index contributed by atoms with van der Waals surface area (Å²) in [6.07, 6.45) is -0.380. The highest BCUT2D eigenvalue weighted by Gasteiger charge is 2.13. The third-order valence-corrected chi connectivity index (χ3v) is 1.74. The maximum Gasteiger partial charge on any atom is 0.304 e. The van der Waals surface area contributed by atoms with E-state index in [4.69, 9.17) is 9.84 Å². The number of aldehydes is 1. The molecule has 0 aliphatic rings. The molecule has 0 heterocycles. The third kappa shape index (κ3) is 8.04. The molecule has 6 nitrogen and oxygen atoms in total. The zero-order valence-electron chi connectivity index (χ0n) is 8.68. The molecule has 0 fully saturated rings. The van der Waals surface area contributed by atoms with Crippen molar-refractivity contribution in [3.63, 3.8) is 0 Å². The van der Waals surface area contributed by atoms with Crippen LogP contribution in [-0.2, 0) is 14.3 Å². The van der Waals surface area contributed by atoms with Gasteiger partial charge in [0, 0.05) is 25.6 Å². The Hall–Kier alpha value is -0.980. The molecule has 2 atom stereocenters. The average Bonchev–Trinajstić information content (AvgIpc) is 2.14. The molecule has 0 saturated heterocycles. The lowest BCUT2D eigenvalue weighted by Gasteiger charge is -2.17. The molecule has 0 aliphatic carbocycles. The molecule has 88 valence electrons. The standard InChI is InChI=1S/C9H17NO5/c1-2-15-9(14)6-10-7(3-4-11)5-8(12)13/h4,7,9-10,14H,2-3,5-6H2,1H3,(H,12,13). The Labute approximate surface area is 88.2 Å². The van der Waals surface area contributed by atoms with Gasteiger partial charge in [-0.1, -0.05) is 0 Å². The number of rotatable bonds is 9. The summed E-state index contributed by atoms with van der Waals surface area (Å²) in [5, 5.41) is 20.5. The summed E-state index contributed by atoms with van der Waals surface area (Å²) in [6, 6.07) is -0.463. The fraction of sp³-hybridized carbons (Fsp3) is 0.778. The van der Waals surface area contributed by atoms with E-state index in [0.29, 0.717) is 12.9 Å². The summed E-state index contributed by atoms with van der Waals surface area (Å²) in [5.41, 5.74) is 0. The lowest BCUT2D eigenvalue weighted by Crippen LogP contribution is -2.38. The monoisotopic (exact) mass is 219 g/mol. The van der Waals surface area contributed by atoms with E-state index in [0.717, 1.165) is 0 Å². The van der Waals surface area contributed by atoms with Gasteiger partial charge in [-0.2, -0.15) is 0 Å². The average molecular weight is 219 g/mol. The molecule has 0 aromatic heterocycles. The minimum Gasteiger partial charge on any atom is -0.481 e. The van der Waals surface area contributed by atoms with Gasteiger partial charge in [0.2, 0.25) is 0 Å². The molecule has 0 aromatic carbocycles. The van der Waals surface area contributed by atoms with Gasteiger partial charge in [-0.3, -0.25) is 4.79 Å². The van der Waals surface area contributed by atoms with E-state index in [2.05, 4.69) is 5.32 Å². The van der Waals surface area contributed by atoms with E-state index >= 15 is 0 Å². The number of hydrogen-bond acceptors (Lipinski definition) is 5. The summed E-state index contributed by atoms with van der Waals surface area (Å²) in [5.74, 6) is -0.986. The summed E-state index contributed by atoms with van der Waals surface area (Å²) in [4.78, 5) is 20.6. The molecule has 0 radical (unpaired) electrons. The van der Waals surface area contributed by atoms with E-state index in [1.54, 1.807) is 6.92 Å². The van der Waals surface area contributed by atoms with Crippen LogP contribution in [0.25, 0.3) is 0 Å². The number of carboxylic acid groups (broad SMARTS) is 1. The number of aliphatic carboxylic acids is 1. The van der Waals surface area contributed by atoms with E-state index in [1.807, 2.05) is 0 Å². The van der Waals surface area contributed by atoms with Crippen molar-refractivity contribution in [2.24, 2.45) is 0 Å². The minimum absolute atomic E-state index is 0.102. The van der Waals surface area contributed by atoms with Gasteiger partial charge in [0.05, 0.1) is 6.42 Å². The molecule has 0 rings (SSSR count). The number of carbonyl (C=O) groups is 2. The predicted octanol–water partition coefficient (Wildman–Crippen LogP) is -0.637. The van der Waals surface area contributed by atoms with Crippen LogP contribution in [0, 0.1) is 0 Å². The third-order valence-electron chi connectivity index (χ3n) is 1.74. The normalized spacial score (nSPS) is 14.5. The summed E-state index contributed by atoms with van der Waals surface area (Å²) < 4.78 is 4.83. The summed E-state index contributed by atoms with van der Waals surface area (Å²) in [6.45, 7) is 2.23. The van der Waals surface area contributed by atoms with Gasteiger partial charge in [-0.15, -0.1) is 0 Å². The molecule has 15 heavy (non-hydrogen) atoms. The van der Waals surface area contributed by atoms with E-state index in [1.165, 1.54) is 0 Å². The smallest absolute Gasteiger partial charge is 0.304 e. The number of aliphatic hydroxyl groups is 1. The molecule has 0 bridgehead atoms. The maximum atomic E-state index is 10.4. The second-order valence-electron chi connectivity index (χ2n) is 3.02. The number of aliphatic hydroxyl groups excluding tert-OH is 1. The Bertz CT molecular complexity index is 197. The molecule has 0 aliphatic heterocycles. The Balaban J connectivity index is 3.83. The predicted molar refractivity (Wildman–Crippen MR) is 52.4 cm³/mol. The van der Waals surface area contributed by atoms with Gasteiger partial charge >= 0.3 is 5.97 Å². The zero-order valence-corrected chi connectivity index (χ0v) is 8.68. The van der Waals surface area contributed by atoms with Crippen LogP contribution in [0.2, 0.25) is 0 Å². The Morgan fingerprint density at radius 2 is 2.27 bits per heavy atom. The van der Waals surface area contributed by atoms with Crippen molar-refractivity contribution < 1.29 is 24.5 Å². The lowest BCUT2D eigenvalue weighted by atomic mass is 10.1. The van der Waals surface area contributed by atoms with Gasteiger partial charge in [0.15, 0.2) is 6.29 Å². The van der Waals surface area contributed by atoms with Crippen LogP contribution >= 0.6 is 0 Å². The SMILES string of the molecule is CCOC(O)CNC(CC=O)CC(=O)O. The second-order valence-corrected chi connectivity index (χ2v) is 3.02. The summed E-state index contributed by atoms with van der Waals surface area (Å²) in [7, 11) is 0. The molecule has 2 unspecified atom stereocenters. The number of ether oxygens (including phenoxy) is 1. The largest absolute Gasteiger partial charge is 0.481 e. The van der Waals surface area contributed by atoms with Crippen molar-refractivity contribution in [1.29, 1.82) is 0 Å². The minimum atomic E-state index is -0.986. The lowest BCUT2D eigenvalue weighted by molar-refractivity contribution is -0.138. The first-order chi connectivity index (χ1) is 7.10. The van der Waals surface area contributed by atoms with Crippen LogP contribution in [-0.4, -0.2) is 48.0 Å². The Morgan fingerprint density at radius 1 is 1.60 bits per heavy atom. The highest BCUT2D eigenvalue weighted by molar-refractivity contribution is 5.68. The first-order valence-electron chi connectivity index (χ1n) is 4.78. The quantitative estimate of drug-likeness (QED) is 0.353. The van der Waals surface area contributed by atoms with Crippen LogP contribution < -0.4 is 5.32 Å². The van der Waals surface area contributed by atoms with E-state index in [9.17, 15) is 14.7 Å². The molecule has 0 amide bonds. The molecule has 3 N–H and O–H groups in total. The van der Waals surface area contributed by atoms with Gasteiger partial charge in [0.25, 0.3) is 0 Å². The molecular formula is C9H17NO5. The van der Waals surface area contributed by atoms with Gasteiger partial charge in [0.1, 0.15) is 6.29 Å². The van der Waals surface area contributed by atoms with Crippen molar-refractivity contribution in [2.75, 3.05) is 13.2 Å². The van der Waals surface area contributed by atoms with Gasteiger partial charge in [-0.05, 0) is 6.92 Å². The van der Waals surface area contributed by atoms with Crippen LogP contribution in [0.3, 0.4) is 0 Å². The first kappa shape index (κ1) is 14.0. The highest BCUT2D eigenvalue weighted by atomic mass is 16.6. The first-order valence-corrected chi connectivity index (χ1v) is 4.78.